The minimum absolute atomic E-state index is 0.0109. The number of unbranched alkanes of at least 4 members (excludes halogenated alkanes) is 1. The van der Waals surface area contributed by atoms with Gasteiger partial charge in [0.1, 0.15) is 5.82 Å². The summed E-state index contributed by atoms with van der Waals surface area (Å²) in [6.07, 6.45) is 1.79. The number of carbonyl (C=O) groups excluding carboxylic acids is 1. The number of hydrogen-bond acceptors (Lipinski definition) is 3. The Hall–Kier alpha value is -3.44. The summed E-state index contributed by atoms with van der Waals surface area (Å²) in [5.41, 5.74) is 3.13. The molecule has 0 aliphatic carbocycles. The van der Waals surface area contributed by atoms with Crippen molar-refractivity contribution in [1.82, 2.24) is 14.5 Å². The topological polar surface area (TPSA) is 55.2 Å². The predicted molar refractivity (Wildman–Crippen MR) is 151 cm³/mol. The van der Waals surface area contributed by atoms with Crippen LogP contribution in [0.1, 0.15) is 67.0 Å². The van der Waals surface area contributed by atoms with Crippen LogP contribution in [0.15, 0.2) is 77.6 Å². The number of benzene rings is 3. The van der Waals surface area contributed by atoms with Crippen LogP contribution in [0, 0.1) is 12.8 Å². The van der Waals surface area contributed by atoms with Gasteiger partial charge in [0, 0.05) is 17.1 Å². The van der Waals surface area contributed by atoms with Crippen LogP contribution in [0.5, 0.6) is 0 Å². The summed E-state index contributed by atoms with van der Waals surface area (Å²) >= 11 is 6.30. The van der Waals surface area contributed by atoms with Gasteiger partial charge in [-0.15, -0.1) is 0 Å². The van der Waals surface area contributed by atoms with E-state index in [4.69, 9.17) is 16.6 Å². The fourth-order valence-electron chi connectivity index (χ4n) is 4.71. The van der Waals surface area contributed by atoms with Crippen molar-refractivity contribution in [3.63, 3.8) is 0 Å². The van der Waals surface area contributed by atoms with Gasteiger partial charge in [0.25, 0.3) is 11.5 Å². The molecule has 5 nitrogen and oxygen atoms in total. The van der Waals surface area contributed by atoms with Gasteiger partial charge in [-0.1, -0.05) is 86.8 Å². The standard InChI is InChI=1S/C31H34ClN3O2/c1-5-6-18-34(30(36)24-14-12-22(4)13-15-24)28(21(2)3)29-33-27-19-25(32)16-17-26(27)31(37)35(29)20-23-10-8-7-9-11-23/h7-17,19,21,28H,5-6,18,20H2,1-4H3. The van der Waals surface area contributed by atoms with E-state index in [0.717, 1.165) is 24.0 Å². The first-order chi connectivity index (χ1) is 17.8. The van der Waals surface area contributed by atoms with Gasteiger partial charge >= 0.3 is 0 Å². The molecule has 4 aromatic rings. The van der Waals surface area contributed by atoms with Crippen molar-refractivity contribution in [2.24, 2.45) is 5.92 Å². The lowest BCUT2D eigenvalue weighted by Gasteiger charge is -2.35. The Balaban J connectivity index is 1.93. The first-order valence-corrected chi connectivity index (χ1v) is 13.3. The second kappa shape index (κ2) is 11.7. The van der Waals surface area contributed by atoms with Crippen LogP contribution >= 0.6 is 11.6 Å². The predicted octanol–water partition coefficient (Wildman–Crippen LogP) is 7.05. The molecule has 192 valence electrons. The smallest absolute Gasteiger partial charge is 0.261 e. The van der Waals surface area contributed by atoms with Gasteiger partial charge in [-0.2, -0.15) is 0 Å². The third-order valence-electron chi connectivity index (χ3n) is 6.67. The largest absolute Gasteiger partial charge is 0.328 e. The number of aryl methyl sites for hydroxylation is 1. The average Bonchev–Trinajstić information content (AvgIpc) is 2.88. The summed E-state index contributed by atoms with van der Waals surface area (Å²) in [7, 11) is 0. The van der Waals surface area contributed by atoms with Crippen LogP contribution < -0.4 is 5.56 Å². The number of carbonyl (C=O) groups is 1. The van der Waals surface area contributed by atoms with E-state index in [-0.39, 0.29) is 17.4 Å². The molecule has 37 heavy (non-hydrogen) atoms. The van der Waals surface area contributed by atoms with Crippen molar-refractivity contribution in [2.45, 2.75) is 53.1 Å². The van der Waals surface area contributed by atoms with E-state index in [1.165, 1.54) is 0 Å². The van der Waals surface area contributed by atoms with Gasteiger partial charge in [0.05, 0.1) is 23.5 Å². The third kappa shape index (κ3) is 5.94. The maximum Gasteiger partial charge on any atom is 0.261 e. The minimum Gasteiger partial charge on any atom is -0.328 e. The van der Waals surface area contributed by atoms with Crippen LogP contribution in [-0.4, -0.2) is 26.9 Å². The third-order valence-corrected chi connectivity index (χ3v) is 6.91. The summed E-state index contributed by atoms with van der Waals surface area (Å²) < 4.78 is 1.73. The van der Waals surface area contributed by atoms with Crippen molar-refractivity contribution >= 4 is 28.4 Å². The van der Waals surface area contributed by atoms with Gasteiger partial charge in [0.15, 0.2) is 0 Å². The molecule has 4 rings (SSSR count). The fourth-order valence-corrected chi connectivity index (χ4v) is 4.88. The molecule has 0 saturated heterocycles. The molecule has 0 spiro atoms. The van der Waals surface area contributed by atoms with Crippen molar-refractivity contribution in [3.05, 3.63) is 111 Å². The first kappa shape index (κ1) is 26.6. The van der Waals surface area contributed by atoms with E-state index in [1.807, 2.05) is 66.4 Å². The highest BCUT2D eigenvalue weighted by atomic mass is 35.5. The molecule has 0 saturated carbocycles. The van der Waals surface area contributed by atoms with Crippen molar-refractivity contribution in [1.29, 1.82) is 0 Å². The van der Waals surface area contributed by atoms with E-state index in [2.05, 4.69) is 20.8 Å². The Bertz CT molecular complexity index is 1430. The highest BCUT2D eigenvalue weighted by Gasteiger charge is 2.32. The molecule has 0 N–H and O–H groups in total. The van der Waals surface area contributed by atoms with E-state index in [0.29, 0.717) is 40.4 Å². The fraction of sp³-hybridized carbons (Fsp3) is 0.323. The second-order valence-corrected chi connectivity index (χ2v) is 10.4. The Morgan fingerprint density at radius 3 is 2.38 bits per heavy atom. The van der Waals surface area contributed by atoms with Crippen LogP contribution in [-0.2, 0) is 6.54 Å². The van der Waals surface area contributed by atoms with E-state index >= 15 is 0 Å². The SMILES string of the molecule is CCCCN(C(=O)c1ccc(C)cc1)C(c1nc2cc(Cl)ccc2c(=O)n1Cc1ccccc1)C(C)C. The van der Waals surface area contributed by atoms with E-state index < -0.39 is 6.04 Å². The Labute approximate surface area is 223 Å². The van der Waals surface area contributed by atoms with Crippen LogP contribution in [0.3, 0.4) is 0 Å². The van der Waals surface area contributed by atoms with E-state index in [1.54, 1.807) is 22.8 Å². The van der Waals surface area contributed by atoms with Gasteiger partial charge in [-0.05, 0) is 55.2 Å². The highest BCUT2D eigenvalue weighted by Crippen LogP contribution is 2.31. The summed E-state index contributed by atoms with van der Waals surface area (Å²) in [6.45, 7) is 9.21. The Kier molecular flexibility index (Phi) is 8.45. The molecule has 0 aliphatic heterocycles. The summed E-state index contributed by atoms with van der Waals surface area (Å²) in [5.74, 6) is 0.533. The molecule has 0 radical (unpaired) electrons. The maximum atomic E-state index is 13.9. The molecule has 6 heteroatoms. The summed E-state index contributed by atoms with van der Waals surface area (Å²) in [5, 5.41) is 1.03. The normalized spacial score (nSPS) is 12.2. The van der Waals surface area contributed by atoms with Crippen molar-refractivity contribution in [2.75, 3.05) is 6.54 Å². The van der Waals surface area contributed by atoms with Gasteiger partial charge < -0.3 is 4.90 Å². The molecule has 1 amide bonds. The second-order valence-electron chi connectivity index (χ2n) is 9.92. The molecule has 0 bridgehead atoms. The minimum atomic E-state index is -0.403. The molecule has 3 aromatic carbocycles. The van der Waals surface area contributed by atoms with Crippen LogP contribution in [0.2, 0.25) is 5.02 Å². The molecular weight excluding hydrogens is 482 g/mol. The lowest BCUT2D eigenvalue weighted by molar-refractivity contribution is 0.0600. The number of amides is 1. The van der Waals surface area contributed by atoms with Crippen LogP contribution in [0.25, 0.3) is 10.9 Å². The van der Waals surface area contributed by atoms with Gasteiger partial charge in [0.2, 0.25) is 0 Å². The van der Waals surface area contributed by atoms with E-state index in [9.17, 15) is 9.59 Å². The number of aromatic nitrogens is 2. The number of fused-ring (bicyclic) bond motifs is 1. The molecule has 1 heterocycles. The zero-order valence-corrected chi connectivity index (χ0v) is 22.7. The highest BCUT2D eigenvalue weighted by molar-refractivity contribution is 6.31. The quantitative estimate of drug-likeness (QED) is 0.240. The zero-order valence-electron chi connectivity index (χ0n) is 21.9. The van der Waals surface area contributed by atoms with Crippen molar-refractivity contribution < 1.29 is 4.79 Å². The summed E-state index contributed by atoms with van der Waals surface area (Å²) in [4.78, 5) is 34.7. The molecule has 0 fully saturated rings. The molecule has 1 atom stereocenters. The molecule has 1 unspecified atom stereocenters. The van der Waals surface area contributed by atoms with Crippen molar-refractivity contribution in [3.8, 4) is 0 Å². The monoisotopic (exact) mass is 515 g/mol. The molecule has 0 aliphatic rings. The van der Waals surface area contributed by atoms with Crippen LogP contribution in [0.4, 0.5) is 0 Å². The Morgan fingerprint density at radius 1 is 1.03 bits per heavy atom. The van der Waals surface area contributed by atoms with Gasteiger partial charge in [-0.25, -0.2) is 4.98 Å². The lowest BCUT2D eigenvalue weighted by atomic mass is 9.98. The number of halogens is 1. The lowest BCUT2D eigenvalue weighted by Crippen LogP contribution is -2.42. The number of hydrogen-bond donors (Lipinski definition) is 0. The van der Waals surface area contributed by atoms with Gasteiger partial charge in [-0.3, -0.25) is 14.2 Å². The zero-order chi connectivity index (χ0) is 26.5. The molecular formula is C31H34ClN3O2. The Morgan fingerprint density at radius 2 is 1.73 bits per heavy atom. The summed E-state index contributed by atoms with van der Waals surface area (Å²) in [6, 6.07) is 22.3. The molecule has 1 aromatic heterocycles. The maximum absolute atomic E-state index is 13.9. The number of rotatable bonds is 9. The first-order valence-electron chi connectivity index (χ1n) is 12.9. The number of nitrogens with zero attached hydrogens (tertiary/aromatic N) is 3. The average molecular weight is 516 g/mol.